The van der Waals surface area contributed by atoms with Crippen LogP contribution >= 0.6 is 0 Å². The lowest BCUT2D eigenvalue weighted by Crippen LogP contribution is -1.64. The van der Waals surface area contributed by atoms with Crippen molar-refractivity contribution in [2.24, 2.45) is 9.98 Å². The zero-order chi connectivity index (χ0) is 8.81. The second kappa shape index (κ2) is 4.04. The molecule has 0 atom stereocenters. The summed E-state index contributed by atoms with van der Waals surface area (Å²) in [4.78, 5) is 17.1. The minimum absolute atomic E-state index is 0.563. The van der Waals surface area contributed by atoms with Gasteiger partial charge in [0, 0.05) is 0 Å². The third-order valence-electron chi connectivity index (χ3n) is 1.23. The largest absolute Gasteiger partial charge is 0.240 e. The minimum Gasteiger partial charge on any atom is -0.211 e. The monoisotopic (exact) mass is 158 g/mol. The van der Waals surface area contributed by atoms with Gasteiger partial charge in [0.05, 0.1) is 11.4 Å². The van der Waals surface area contributed by atoms with Gasteiger partial charge in [-0.1, -0.05) is 0 Å². The Bertz CT molecular complexity index is 318. The van der Waals surface area contributed by atoms with Crippen molar-refractivity contribution in [3.8, 4) is 0 Å². The lowest BCUT2D eigenvalue weighted by molar-refractivity contribution is 0.565. The van der Waals surface area contributed by atoms with Crippen molar-refractivity contribution in [1.29, 1.82) is 0 Å². The molecule has 1 rings (SSSR count). The Hall–Kier alpha value is -1.95. The van der Waals surface area contributed by atoms with Crippen LogP contribution in [-0.2, 0) is 4.79 Å². The van der Waals surface area contributed by atoms with Crippen LogP contribution in [0, 0.1) is 0 Å². The van der Waals surface area contributed by atoms with Gasteiger partial charge in [0.2, 0.25) is 6.08 Å². The van der Waals surface area contributed by atoms with Crippen LogP contribution in [0.5, 0.6) is 0 Å². The molecule has 0 amide bonds. The molecule has 0 aromatic heterocycles. The minimum atomic E-state index is 0.563. The molecule has 0 aliphatic rings. The third kappa shape index (κ3) is 2.03. The molecule has 0 bridgehead atoms. The fraction of sp³-hybridized carbons (Fsp3) is 0. The molecule has 0 saturated carbocycles. The Morgan fingerprint density at radius 1 is 1.08 bits per heavy atom. The van der Waals surface area contributed by atoms with E-state index >= 15 is 0 Å². The highest BCUT2D eigenvalue weighted by Gasteiger charge is 1.88. The molecule has 0 saturated heterocycles. The van der Waals surface area contributed by atoms with E-state index in [1.54, 1.807) is 24.3 Å². The fourth-order valence-corrected chi connectivity index (χ4v) is 0.746. The lowest BCUT2D eigenvalue weighted by atomic mass is 10.3. The van der Waals surface area contributed by atoms with Crippen LogP contribution in [0.25, 0.3) is 0 Å². The van der Waals surface area contributed by atoms with E-state index in [4.69, 9.17) is 0 Å². The molecule has 0 spiro atoms. The summed E-state index contributed by atoms with van der Waals surface area (Å²) >= 11 is 0. The maximum atomic E-state index is 9.85. The highest BCUT2D eigenvalue weighted by Crippen LogP contribution is 2.16. The summed E-state index contributed by atoms with van der Waals surface area (Å²) in [6, 6.07) is 6.77. The van der Waals surface area contributed by atoms with Crippen molar-refractivity contribution in [1.82, 2.24) is 0 Å². The van der Waals surface area contributed by atoms with E-state index in [-0.39, 0.29) is 0 Å². The van der Waals surface area contributed by atoms with Crippen LogP contribution in [0.2, 0.25) is 0 Å². The first-order valence-electron chi connectivity index (χ1n) is 3.27. The summed E-state index contributed by atoms with van der Waals surface area (Å²) in [5.41, 5.74) is 1.29. The first kappa shape index (κ1) is 8.15. The van der Waals surface area contributed by atoms with Crippen molar-refractivity contribution >= 4 is 23.3 Å². The van der Waals surface area contributed by atoms with E-state index < -0.39 is 0 Å². The van der Waals surface area contributed by atoms with E-state index in [0.29, 0.717) is 5.69 Å². The number of benzene rings is 1. The van der Waals surface area contributed by atoms with Crippen LogP contribution in [-0.4, -0.2) is 11.9 Å². The zero-order valence-electron chi connectivity index (χ0n) is 6.32. The number of hydrogen-bond acceptors (Lipinski definition) is 3. The first-order valence-corrected chi connectivity index (χ1v) is 3.27. The smallest absolute Gasteiger partial charge is 0.211 e. The van der Waals surface area contributed by atoms with Crippen LogP contribution in [0.1, 0.15) is 0 Å². The molecule has 0 aliphatic carbocycles. The quantitative estimate of drug-likeness (QED) is 0.480. The average molecular weight is 158 g/mol. The number of hydrogen-bond donors (Lipinski definition) is 0. The van der Waals surface area contributed by atoms with Gasteiger partial charge in [0.25, 0.3) is 0 Å². The highest BCUT2D eigenvalue weighted by atomic mass is 16.1. The van der Waals surface area contributed by atoms with Gasteiger partial charge < -0.3 is 0 Å². The average Bonchev–Trinajstić information content (AvgIpc) is 2.09. The summed E-state index contributed by atoms with van der Waals surface area (Å²) < 4.78 is 0. The van der Waals surface area contributed by atoms with E-state index in [0.717, 1.165) is 5.69 Å². The van der Waals surface area contributed by atoms with Gasteiger partial charge in [-0.3, -0.25) is 0 Å². The Morgan fingerprint density at radius 2 is 1.58 bits per heavy atom. The molecule has 3 nitrogen and oxygen atoms in total. The second-order valence-corrected chi connectivity index (χ2v) is 1.99. The van der Waals surface area contributed by atoms with Crippen molar-refractivity contribution in [2.45, 2.75) is 0 Å². The summed E-state index contributed by atoms with van der Waals surface area (Å²) in [6.45, 7) is 3.34. The molecule has 3 heteroatoms. The highest BCUT2D eigenvalue weighted by molar-refractivity contribution is 5.58. The molecule has 0 heterocycles. The lowest BCUT2D eigenvalue weighted by Gasteiger charge is -1.90. The van der Waals surface area contributed by atoms with Crippen LogP contribution in [0.3, 0.4) is 0 Å². The molecule has 0 aliphatic heterocycles. The molecular formula is C9H6N2O. The van der Waals surface area contributed by atoms with Gasteiger partial charge in [-0.2, -0.15) is 4.99 Å². The molecule has 0 radical (unpaired) electrons. The number of nitrogens with zero attached hydrogens (tertiary/aromatic N) is 2. The van der Waals surface area contributed by atoms with E-state index in [2.05, 4.69) is 22.4 Å². The van der Waals surface area contributed by atoms with E-state index in [9.17, 15) is 4.79 Å². The summed E-state index contributed by atoms with van der Waals surface area (Å²) in [6.07, 6.45) is 1.45. The normalized spacial score (nSPS) is 8.00. The fourth-order valence-electron chi connectivity index (χ4n) is 0.746. The number of carbonyl (C=O) groups excluding carboxylic acids is 1. The van der Waals surface area contributed by atoms with Gasteiger partial charge in [-0.05, 0) is 36.7 Å². The van der Waals surface area contributed by atoms with Crippen molar-refractivity contribution < 1.29 is 4.79 Å². The van der Waals surface area contributed by atoms with E-state index in [1.807, 2.05) is 0 Å². The standard InChI is InChI=1S/C9H6N2O/c1-2-10-8-3-5-9(6-4-8)11-7-12/h3-6H,1H2. The summed E-state index contributed by atoms with van der Waals surface area (Å²) in [5.74, 6) is 2.40. The molecular weight excluding hydrogens is 152 g/mol. The Morgan fingerprint density at radius 3 is 2.00 bits per heavy atom. The number of aliphatic imine (C=N–C) groups is 2. The Kier molecular flexibility index (Phi) is 2.74. The molecule has 0 unspecified atom stereocenters. The van der Waals surface area contributed by atoms with Crippen LogP contribution in [0.15, 0.2) is 40.8 Å². The maximum Gasteiger partial charge on any atom is 0.240 e. The summed E-state index contributed by atoms with van der Waals surface area (Å²) in [7, 11) is 0. The Balaban J connectivity index is 2.99. The van der Waals surface area contributed by atoms with Crippen molar-refractivity contribution in [3.63, 3.8) is 0 Å². The predicted octanol–water partition coefficient (Wildman–Crippen LogP) is 2.14. The summed E-state index contributed by atoms with van der Waals surface area (Å²) in [5, 5.41) is 0. The molecule has 0 N–H and O–H groups in total. The molecule has 58 valence electrons. The van der Waals surface area contributed by atoms with Gasteiger partial charge in [0.15, 0.2) is 0 Å². The Labute approximate surface area is 69.8 Å². The number of rotatable bonds is 2. The third-order valence-corrected chi connectivity index (χ3v) is 1.23. The predicted molar refractivity (Wildman–Crippen MR) is 46.9 cm³/mol. The second-order valence-electron chi connectivity index (χ2n) is 1.99. The van der Waals surface area contributed by atoms with Crippen LogP contribution in [0.4, 0.5) is 11.4 Å². The zero-order valence-corrected chi connectivity index (χ0v) is 6.32. The van der Waals surface area contributed by atoms with Gasteiger partial charge in [-0.25, -0.2) is 9.79 Å². The van der Waals surface area contributed by atoms with Crippen LogP contribution < -0.4 is 0 Å². The molecule has 0 fully saturated rings. The van der Waals surface area contributed by atoms with Crippen molar-refractivity contribution in [3.05, 3.63) is 30.8 Å². The maximum absolute atomic E-state index is 9.85. The van der Waals surface area contributed by atoms with Gasteiger partial charge in [-0.15, -0.1) is 0 Å². The van der Waals surface area contributed by atoms with Gasteiger partial charge >= 0.3 is 0 Å². The van der Waals surface area contributed by atoms with E-state index in [1.165, 1.54) is 6.08 Å². The van der Waals surface area contributed by atoms with Gasteiger partial charge in [0.1, 0.15) is 0 Å². The first-order chi connectivity index (χ1) is 5.86. The topological polar surface area (TPSA) is 41.8 Å². The number of isocyanates is 1. The molecule has 1 aromatic carbocycles. The van der Waals surface area contributed by atoms with Crippen molar-refractivity contribution in [2.75, 3.05) is 0 Å². The SMILES string of the molecule is C=C=Nc1ccc(N=C=O)cc1. The molecule has 12 heavy (non-hydrogen) atoms. The molecule has 1 aromatic rings.